The van der Waals surface area contributed by atoms with Gasteiger partial charge in [-0.3, -0.25) is 0 Å². The lowest BCUT2D eigenvalue weighted by molar-refractivity contribution is -0.137. The highest BCUT2D eigenvalue weighted by Gasteiger charge is 2.37. The third-order valence-electron chi connectivity index (χ3n) is 6.56. The molecule has 0 N–H and O–H groups in total. The Bertz CT molecular complexity index is 1230. The number of hydrogen-bond acceptors (Lipinski definition) is 6. The molecule has 0 radical (unpaired) electrons. The summed E-state index contributed by atoms with van der Waals surface area (Å²) in [6.07, 6.45) is -3.09. The molecule has 0 bridgehead atoms. The van der Waals surface area contributed by atoms with Crippen molar-refractivity contribution in [3.05, 3.63) is 59.5 Å². The number of hydrogen-bond donors (Lipinski definition) is 0. The minimum absolute atomic E-state index is 0.0538. The maximum Gasteiger partial charge on any atom is 0.419 e. The van der Waals surface area contributed by atoms with Crippen molar-refractivity contribution in [3.63, 3.8) is 0 Å². The molecule has 36 heavy (non-hydrogen) atoms. The van der Waals surface area contributed by atoms with Crippen molar-refractivity contribution >= 4 is 17.6 Å². The topological polar surface area (TPSA) is 48.4 Å². The molecule has 1 atom stereocenters. The highest BCUT2D eigenvalue weighted by Crippen LogP contribution is 2.36. The van der Waals surface area contributed by atoms with Crippen LogP contribution in [-0.2, 0) is 6.18 Å². The number of aromatic nitrogens is 3. The molecule has 10 heteroatoms. The lowest BCUT2D eigenvalue weighted by Gasteiger charge is -2.42. The number of alkyl halides is 3. The number of piperazine rings is 1. The Morgan fingerprint density at radius 3 is 2.47 bits per heavy atom. The van der Waals surface area contributed by atoms with E-state index in [1.807, 2.05) is 38.8 Å². The van der Waals surface area contributed by atoms with Gasteiger partial charge in [0.15, 0.2) is 0 Å². The quantitative estimate of drug-likeness (QED) is 0.426. The van der Waals surface area contributed by atoms with E-state index in [4.69, 9.17) is 9.97 Å². The lowest BCUT2D eigenvalue weighted by Crippen LogP contribution is -2.53. The summed E-state index contributed by atoms with van der Waals surface area (Å²) in [4.78, 5) is 19.3. The minimum atomic E-state index is -4.48. The third kappa shape index (κ3) is 5.22. The molecule has 3 heterocycles. The van der Waals surface area contributed by atoms with Gasteiger partial charge in [0.25, 0.3) is 0 Å². The molecule has 0 spiro atoms. The number of benzene rings is 1. The Morgan fingerprint density at radius 1 is 1.08 bits per heavy atom. The molecule has 6 nitrogen and oxygen atoms in total. The van der Waals surface area contributed by atoms with Crippen molar-refractivity contribution in [1.29, 1.82) is 0 Å². The highest BCUT2D eigenvalue weighted by atomic mass is 19.4. The molecule has 1 saturated heterocycles. The average Bonchev–Trinajstić information content (AvgIpc) is 2.84. The normalized spacial score (nSPS) is 16.6. The van der Waals surface area contributed by atoms with Crippen LogP contribution in [-0.4, -0.2) is 53.7 Å². The van der Waals surface area contributed by atoms with Crippen LogP contribution in [0, 0.1) is 12.7 Å². The zero-order chi connectivity index (χ0) is 26.2. The summed E-state index contributed by atoms with van der Waals surface area (Å²) < 4.78 is 54.6. The van der Waals surface area contributed by atoms with Crippen molar-refractivity contribution in [3.8, 4) is 11.3 Å². The Hall–Kier alpha value is -3.43. The van der Waals surface area contributed by atoms with Crippen LogP contribution in [0.1, 0.15) is 31.9 Å². The summed E-state index contributed by atoms with van der Waals surface area (Å²) in [5.41, 5.74) is 1.21. The molecular weight excluding hydrogens is 472 g/mol. The maximum absolute atomic E-state index is 13.9. The SMILES string of the molecule is Cc1cc(-c2cc(N3CCN(c4ncccc4C(F)(F)F)C[C@H]3C)nc(N(C)C(C)C)n2)ccc1F. The first kappa shape index (κ1) is 25.7. The Balaban J connectivity index is 1.68. The second kappa shape index (κ2) is 9.91. The number of aryl methyl sites for hydroxylation is 1. The second-order valence-electron chi connectivity index (χ2n) is 9.44. The van der Waals surface area contributed by atoms with Gasteiger partial charge < -0.3 is 14.7 Å². The van der Waals surface area contributed by atoms with Gasteiger partial charge in [0.2, 0.25) is 5.95 Å². The molecule has 1 aliphatic heterocycles. The molecule has 0 aliphatic carbocycles. The second-order valence-corrected chi connectivity index (χ2v) is 9.44. The van der Waals surface area contributed by atoms with Crippen LogP contribution in [0.15, 0.2) is 42.6 Å². The van der Waals surface area contributed by atoms with Gasteiger partial charge in [-0.2, -0.15) is 18.2 Å². The summed E-state index contributed by atoms with van der Waals surface area (Å²) in [7, 11) is 1.91. The number of halogens is 4. The zero-order valence-corrected chi connectivity index (χ0v) is 21.0. The summed E-state index contributed by atoms with van der Waals surface area (Å²) in [5.74, 6) is 0.860. The van der Waals surface area contributed by atoms with Crippen molar-refractivity contribution in [1.82, 2.24) is 15.0 Å². The Kier molecular flexibility index (Phi) is 7.06. The van der Waals surface area contributed by atoms with Crippen molar-refractivity contribution in [2.45, 2.75) is 46.0 Å². The molecule has 0 saturated carbocycles. The fourth-order valence-electron chi connectivity index (χ4n) is 4.27. The molecule has 1 aliphatic rings. The largest absolute Gasteiger partial charge is 0.419 e. The van der Waals surface area contributed by atoms with E-state index in [2.05, 4.69) is 9.88 Å². The van der Waals surface area contributed by atoms with Gasteiger partial charge in [-0.1, -0.05) is 0 Å². The van der Waals surface area contributed by atoms with E-state index in [-0.39, 0.29) is 23.7 Å². The summed E-state index contributed by atoms with van der Waals surface area (Å²) in [5, 5.41) is 0. The number of nitrogens with zero attached hydrogens (tertiary/aromatic N) is 6. The van der Waals surface area contributed by atoms with Gasteiger partial charge >= 0.3 is 6.18 Å². The Labute approximate surface area is 208 Å². The first-order valence-corrected chi connectivity index (χ1v) is 11.9. The van der Waals surface area contributed by atoms with Crippen LogP contribution in [0.2, 0.25) is 0 Å². The van der Waals surface area contributed by atoms with Crippen LogP contribution in [0.4, 0.5) is 35.1 Å². The molecule has 0 amide bonds. The van der Waals surface area contributed by atoms with E-state index in [0.717, 1.165) is 11.6 Å². The first-order valence-electron chi connectivity index (χ1n) is 11.9. The van der Waals surface area contributed by atoms with E-state index in [1.165, 1.54) is 18.3 Å². The van der Waals surface area contributed by atoms with Gasteiger partial charge in [0.1, 0.15) is 17.5 Å². The number of pyridine rings is 1. The fraction of sp³-hybridized carbons (Fsp3) is 0.423. The van der Waals surface area contributed by atoms with Gasteiger partial charge in [0.05, 0.1) is 11.3 Å². The predicted molar refractivity (Wildman–Crippen MR) is 134 cm³/mol. The minimum Gasteiger partial charge on any atom is -0.352 e. The van der Waals surface area contributed by atoms with Gasteiger partial charge in [-0.15, -0.1) is 0 Å². The molecular formula is C26H30F4N6. The van der Waals surface area contributed by atoms with E-state index in [1.54, 1.807) is 24.0 Å². The highest BCUT2D eigenvalue weighted by molar-refractivity contribution is 5.66. The van der Waals surface area contributed by atoms with Crippen LogP contribution in [0.5, 0.6) is 0 Å². The predicted octanol–water partition coefficient (Wildman–Crippen LogP) is 5.56. The average molecular weight is 503 g/mol. The van der Waals surface area contributed by atoms with E-state index >= 15 is 0 Å². The molecule has 2 aromatic heterocycles. The summed E-state index contributed by atoms with van der Waals surface area (Å²) in [6.45, 7) is 8.89. The van der Waals surface area contributed by atoms with Crippen molar-refractivity contribution < 1.29 is 17.6 Å². The first-order chi connectivity index (χ1) is 17.0. The van der Waals surface area contributed by atoms with Gasteiger partial charge in [-0.05, 0) is 63.6 Å². The van der Waals surface area contributed by atoms with Crippen LogP contribution < -0.4 is 14.7 Å². The molecule has 1 fully saturated rings. The lowest BCUT2D eigenvalue weighted by atomic mass is 10.1. The van der Waals surface area contributed by atoms with Crippen LogP contribution in [0.3, 0.4) is 0 Å². The number of rotatable bonds is 5. The number of anilines is 3. The zero-order valence-electron chi connectivity index (χ0n) is 21.0. The molecule has 192 valence electrons. The fourth-order valence-corrected chi connectivity index (χ4v) is 4.27. The summed E-state index contributed by atoms with van der Waals surface area (Å²) >= 11 is 0. The van der Waals surface area contributed by atoms with Crippen molar-refractivity contribution in [2.75, 3.05) is 41.4 Å². The standard InChI is InChI=1S/C26H30F4N6/c1-16(2)34(5)25-32-22(19-8-9-21(27)17(3)13-19)14-23(33-25)36-12-11-35(15-18(36)4)24-20(26(28,29)30)7-6-10-31-24/h6-10,13-14,16,18H,11-12,15H2,1-5H3/t18-/m1/s1. The van der Waals surface area contributed by atoms with E-state index in [9.17, 15) is 17.6 Å². The molecule has 1 aromatic carbocycles. The maximum atomic E-state index is 13.9. The monoisotopic (exact) mass is 502 g/mol. The van der Waals surface area contributed by atoms with Gasteiger partial charge in [-0.25, -0.2) is 14.4 Å². The molecule has 0 unspecified atom stereocenters. The smallest absolute Gasteiger partial charge is 0.352 e. The molecule has 4 rings (SSSR count). The Morgan fingerprint density at radius 2 is 1.83 bits per heavy atom. The van der Waals surface area contributed by atoms with Crippen LogP contribution in [0.25, 0.3) is 11.3 Å². The van der Waals surface area contributed by atoms with Gasteiger partial charge in [0, 0.05) is 56.6 Å². The van der Waals surface area contributed by atoms with Crippen molar-refractivity contribution in [2.24, 2.45) is 0 Å². The van der Waals surface area contributed by atoms with E-state index < -0.39 is 11.7 Å². The summed E-state index contributed by atoms with van der Waals surface area (Å²) in [6, 6.07) is 9.09. The third-order valence-corrected chi connectivity index (χ3v) is 6.56. The van der Waals surface area contributed by atoms with E-state index in [0.29, 0.717) is 42.7 Å². The van der Waals surface area contributed by atoms with Crippen LogP contribution >= 0.6 is 0 Å². The molecule has 3 aromatic rings.